The summed E-state index contributed by atoms with van der Waals surface area (Å²) in [6, 6.07) is 0. The van der Waals surface area contributed by atoms with Crippen molar-refractivity contribution < 1.29 is 14.7 Å². The van der Waals surface area contributed by atoms with Gasteiger partial charge in [0, 0.05) is 6.92 Å². The van der Waals surface area contributed by atoms with Crippen molar-refractivity contribution in [3.8, 4) is 0 Å². The molecule has 0 aliphatic rings. The molecule has 49 valence electrons. The van der Waals surface area contributed by atoms with E-state index in [-0.39, 0.29) is 12.2 Å². The largest absolute Gasteiger partial charge is 0.481 e. The van der Waals surface area contributed by atoms with E-state index in [2.05, 4.69) is 6.92 Å². The van der Waals surface area contributed by atoms with E-state index >= 15 is 0 Å². The van der Waals surface area contributed by atoms with E-state index in [0.717, 1.165) is 6.08 Å². The highest BCUT2D eigenvalue weighted by atomic mass is 16.4. The minimum Gasteiger partial charge on any atom is -0.481 e. The maximum atomic E-state index is 10.0. The number of carbonyl (C=O) groups is 2. The molecular weight excluding hydrogens is 120 g/mol. The Labute approximate surface area is 53.0 Å². The van der Waals surface area contributed by atoms with Crippen LogP contribution in [0.4, 0.5) is 0 Å². The van der Waals surface area contributed by atoms with Gasteiger partial charge >= 0.3 is 5.97 Å². The van der Waals surface area contributed by atoms with Crippen LogP contribution in [0.15, 0.2) is 12.2 Å². The van der Waals surface area contributed by atoms with Crippen LogP contribution in [0.5, 0.6) is 0 Å². The quantitative estimate of drug-likeness (QED) is 0.559. The molecule has 0 aromatic heterocycles. The fraction of sp³-hybridized carbons (Fsp3) is 0.167. The summed E-state index contributed by atoms with van der Waals surface area (Å²) in [7, 11) is 0. The van der Waals surface area contributed by atoms with Crippen LogP contribution in [0, 0.1) is 6.92 Å². The number of allylic oxidation sites excluding steroid dienone is 1. The van der Waals surface area contributed by atoms with Gasteiger partial charge < -0.3 is 5.11 Å². The SMILES string of the molecule is [CH2]C(=O)C=CCC(=O)O. The Hall–Kier alpha value is -1.12. The first-order chi connectivity index (χ1) is 4.13. The summed E-state index contributed by atoms with van der Waals surface area (Å²) in [4.78, 5) is 19.8. The fourth-order valence-corrected chi connectivity index (χ4v) is 0.291. The monoisotopic (exact) mass is 127 g/mol. The van der Waals surface area contributed by atoms with Crippen molar-refractivity contribution in [3.05, 3.63) is 19.1 Å². The van der Waals surface area contributed by atoms with E-state index in [9.17, 15) is 9.59 Å². The third-order valence-corrected chi connectivity index (χ3v) is 0.596. The minimum atomic E-state index is -0.951. The van der Waals surface area contributed by atoms with Crippen molar-refractivity contribution in [1.29, 1.82) is 0 Å². The van der Waals surface area contributed by atoms with E-state index < -0.39 is 5.97 Å². The molecule has 0 spiro atoms. The number of carboxylic acids is 1. The Morgan fingerprint density at radius 1 is 1.56 bits per heavy atom. The number of rotatable bonds is 3. The van der Waals surface area contributed by atoms with E-state index in [1.54, 1.807) is 0 Å². The van der Waals surface area contributed by atoms with Crippen LogP contribution in [0.1, 0.15) is 6.42 Å². The first-order valence-electron chi connectivity index (χ1n) is 2.37. The molecule has 9 heavy (non-hydrogen) atoms. The smallest absolute Gasteiger partial charge is 0.307 e. The molecule has 0 unspecified atom stereocenters. The highest BCUT2D eigenvalue weighted by Crippen LogP contribution is 1.82. The van der Waals surface area contributed by atoms with Crippen LogP contribution < -0.4 is 0 Å². The minimum absolute atomic E-state index is 0.124. The first-order valence-corrected chi connectivity index (χ1v) is 2.37. The van der Waals surface area contributed by atoms with Crippen LogP contribution in [0.2, 0.25) is 0 Å². The number of aliphatic carboxylic acids is 1. The van der Waals surface area contributed by atoms with Gasteiger partial charge in [0.15, 0.2) is 5.78 Å². The van der Waals surface area contributed by atoms with Gasteiger partial charge in [0.1, 0.15) is 0 Å². The normalized spacial score (nSPS) is 9.89. The molecule has 0 aromatic carbocycles. The van der Waals surface area contributed by atoms with E-state index in [1.807, 2.05) is 0 Å². The highest BCUT2D eigenvalue weighted by molar-refractivity contribution is 5.93. The predicted octanol–water partition coefficient (Wildman–Crippen LogP) is 0.420. The molecule has 1 radical (unpaired) electrons. The molecule has 0 amide bonds. The lowest BCUT2D eigenvalue weighted by Crippen LogP contribution is -1.91. The maximum Gasteiger partial charge on any atom is 0.307 e. The lowest BCUT2D eigenvalue weighted by atomic mass is 10.3. The van der Waals surface area contributed by atoms with Gasteiger partial charge in [-0.2, -0.15) is 0 Å². The second-order valence-electron chi connectivity index (χ2n) is 1.47. The zero-order valence-corrected chi connectivity index (χ0v) is 4.83. The van der Waals surface area contributed by atoms with Gasteiger partial charge in [-0.05, 0) is 6.08 Å². The summed E-state index contributed by atoms with van der Waals surface area (Å²) < 4.78 is 0. The Morgan fingerprint density at radius 2 is 2.11 bits per heavy atom. The van der Waals surface area contributed by atoms with Gasteiger partial charge in [0.05, 0.1) is 6.42 Å². The second kappa shape index (κ2) is 3.83. The summed E-state index contributed by atoms with van der Waals surface area (Å²) in [6.45, 7) is 3.02. The molecule has 0 atom stereocenters. The summed E-state index contributed by atoms with van der Waals surface area (Å²) >= 11 is 0. The van der Waals surface area contributed by atoms with Gasteiger partial charge in [0.2, 0.25) is 0 Å². The Kier molecular flexibility index (Phi) is 3.35. The molecule has 0 aromatic rings. The highest BCUT2D eigenvalue weighted by Gasteiger charge is 1.89. The molecule has 3 nitrogen and oxygen atoms in total. The average Bonchev–Trinajstić information content (AvgIpc) is 1.63. The summed E-state index contributed by atoms with van der Waals surface area (Å²) in [6.07, 6.45) is 2.27. The maximum absolute atomic E-state index is 10.0. The number of hydrogen-bond acceptors (Lipinski definition) is 2. The van der Waals surface area contributed by atoms with Gasteiger partial charge in [-0.15, -0.1) is 0 Å². The molecule has 1 N–H and O–H groups in total. The molecule has 0 fully saturated rings. The molecule has 0 rings (SSSR count). The standard InChI is InChI=1S/C6H7O3/c1-5(7)3-2-4-6(8)9/h2-3H,1,4H2,(H,8,9). The number of ketones is 1. The van der Waals surface area contributed by atoms with Crippen LogP contribution in [-0.2, 0) is 9.59 Å². The topological polar surface area (TPSA) is 54.4 Å². The third kappa shape index (κ3) is 6.88. The fourth-order valence-electron chi connectivity index (χ4n) is 0.291. The van der Waals surface area contributed by atoms with Crippen molar-refractivity contribution in [1.82, 2.24) is 0 Å². The van der Waals surface area contributed by atoms with E-state index in [4.69, 9.17) is 5.11 Å². The summed E-state index contributed by atoms with van der Waals surface area (Å²) in [5.41, 5.74) is 0. The molecule has 0 saturated carbocycles. The lowest BCUT2D eigenvalue weighted by molar-refractivity contribution is -0.135. The van der Waals surface area contributed by atoms with Crippen LogP contribution in [0.3, 0.4) is 0 Å². The summed E-state index contributed by atoms with van der Waals surface area (Å²) in [5, 5.41) is 8.04. The zero-order valence-electron chi connectivity index (χ0n) is 4.83. The third-order valence-electron chi connectivity index (χ3n) is 0.596. The number of carbonyl (C=O) groups excluding carboxylic acids is 1. The molecule has 3 heteroatoms. The van der Waals surface area contributed by atoms with Crippen molar-refractivity contribution in [3.63, 3.8) is 0 Å². The molecule has 0 heterocycles. The Balaban J connectivity index is 3.48. The first kappa shape index (κ1) is 7.88. The van der Waals surface area contributed by atoms with E-state index in [0.29, 0.717) is 0 Å². The van der Waals surface area contributed by atoms with Gasteiger partial charge in [0.25, 0.3) is 0 Å². The van der Waals surface area contributed by atoms with Crippen LogP contribution in [0.25, 0.3) is 0 Å². The second-order valence-corrected chi connectivity index (χ2v) is 1.47. The van der Waals surface area contributed by atoms with Crippen molar-refractivity contribution >= 4 is 11.8 Å². The number of carboxylic acid groups (broad SMARTS) is 1. The van der Waals surface area contributed by atoms with Gasteiger partial charge in [-0.3, -0.25) is 9.59 Å². The zero-order chi connectivity index (χ0) is 7.28. The van der Waals surface area contributed by atoms with E-state index in [1.165, 1.54) is 6.08 Å². The Morgan fingerprint density at radius 3 is 2.44 bits per heavy atom. The summed E-state index contributed by atoms with van der Waals surface area (Å²) in [5.74, 6) is -1.33. The average molecular weight is 127 g/mol. The van der Waals surface area contributed by atoms with Gasteiger partial charge in [-0.25, -0.2) is 0 Å². The molecule has 0 aliphatic heterocycles. The molecule has 0 aliphatic carbocycles. The Bertz CT molecular complexity index is 146. The van der Waals surface area contributed by atoms with Crippen molar-refractivity contribution in [2.24, 2.45) is 0 Å². The van der Waals surface area contributed by atoms with Crippen LogP contribution >= 0.6 is 0 Å². The van der Waals surface area contributed by atoms with Crippen molar-refractivity contribution in [2.75, 3.05) is 0 Å². The lowest BCUT2D eigenvalue weighted by Gasteiger charge is -1.80. The van der Waals surface area contributed by atoms with Crippen molar-refractivity contribution in [2.45, 2.75) is 6.42 Å². The number of hydrogen-bond donors (Lipinski definition) is 1. The predicted molar refractivity (Wildman–Crippen MR) is 31.8 cm³/mol. The van der Waals surface area contributed by atoms with Crippen LogP contribution in [-0.4, -0.2) is 16.9 Å². The molecule has 0 bridgehead atoms. The molecule has 0 saturated heterocycles. The molecular formula is C6H7O3. The van der Waals surface area contributed by atoms with Gasteiger partial charge in [-0.1, -0.05) is 6.08 Å².